The van der Waals surface area contributed by atoms with E-state index >= 15 is 0 Å². The molecule has 7 heteroatoms. The Morgan fingerprint density at radius 1 is 1.08 bits per heavy atom. The second-order valence-corrected chi connectivity index (χ2v) is 7.01. The van der Waals surface area contributed by atoms with Crippen LogP contribution in [-0.2, 0) is 4.79 Å². The van der Waals surface area contributed by atoms with Gasteiger partial charge in [0.2, 0.25) is 5.91 Å². The molecule has 0 aromatic carbocycles. The molecular weight excluding hydrogens is 328 g/mol. The van der Waals surface area contributed by atoms with E-state index in [4.69, 9.17) is 5.73 Å². The number of nitrogens with zero attached hydrogens (tertiary/aromatic N) is 2. The molecule has 2 aliphatic rings. The fraction of sp³-hybridized carbons (Fsp3) is 0.882. The van der Waals surface area contributed by atoms with Gasteiger partial charge in [-0.3, -0.25) is 4.79 Å². The Balaban J connectivity index is 0.00000288. The number of amides is 3. The molecule has 2 rings (SSSR count). The lowest BCUT2D eigenvalue weighted by molar-refractivity contribution is -0.135. The number of nitrogens with two attached hydrogens (primary N) is 1. The summed E-state index contributed by atoms with van der Waals surface area (Å²) in [6, 6.07) is -0.0763. The van der Waals surface area contributed by atoms with Crippen LogP contribution in [0.2, 0.25) is 0 Å². The summed E-state index contributed by atoms with van der Waals surface area (Å²) < 4.78 is 0. The lowest BCUT2D eigenvalue weighted by atomic mass is 9.96. The predicted molar refractivity (Wildman–Crippen MR) is 98.2 cm³/mol. The third-order valence-corrected chi connectivity index (χ3v) is 5.35. The van der Waals surface area contributed by atoms with Crippen LogP contribution in [-0.4, -0.2) is 60.0 Å². The highest BCUT2D eigenvalue weighted by Gasteiger charge is 2.29. The summed E-state index contributed by atoms with van der Waals surface area (Å²) in [6.45, 7) is 6.42. The van der Waals surface area contributed by atoms with Gasteiger partial charge in [0, 0.05) is 32.2 Å². The number of halogens is 1. The van der Waals surface area contributed by atoms with Crippen LogP contribution >= 0.6 is 12.4 Å². The Morgan fingerprint density at radius 3 is 2.17 bits per heavy atom. The zero-order valence-electron chi connectivity index (χ0n) is 15.0. The minimum atomic E-state index is -0.428. The largest absolute Gasteiger partial charge is 0.338 e. The fourth-order valence-corrected chi connectivity index (χ4v) is 3.35. The zero-order chi connectivity index (χ0) is 16.8. The molecule has 2 unspecified atom stereocenters. The first-order valence-electron chi connectivity index (χ1n) is 9.12. The number of carbonyl (C=O) groups is 2. The highest BCUT2D eigenvalue weighted by atomic mass is 35.5. The third-order valence-electron chi connectivity index (χ3n) is 5.35. The van der Waals surface area contributed by atoms with E-state index in [0.717, 1.165) is 19.3 Å². The SMILES string of the molecule is CCC(C)C(N)C(=O)N1CCN(C(=O)NC2CCCCC2)CC1.Cl. The Morgan fingerprint density at radius 2 is 1.62 bits per heavy atom. The minimum absolute atomic E-state index is 0. The normalized spacial score (nSPS) is 21.6. The molecule has 1 saturated carbocycles. The van der Waals surface area contributed by atoms with Gasteiger partial charge in [-0.2, -0.15) is 0 Å². The minimum Gasteiger partial charge on any atom is -0.338 e. The third kappa shape index (κ3) is 5.52. The molecule has 0 radical (unpaired) electrons. The van der Waals surface area contributed by atoms with Crippen LogP contribution < -0.4 is 11.1 Å². The van der Waals surface area contributed by atoms with Gasteiger partial charge in [0.05, 0.1) is 6.04 Å². The molecule has 140 valence electrons. The van der Waals surface area contributed by atoms with Crippen molar-refractivity contribution in [3.63, 3.8) is 0 Å². The van der Waals surface area contributed by atoms with Crippen molar-refractivity contribution in [3.05, 3.63) is 0 Å². The maximum Gasteiger partial charge on any atom is 0.317 e. The van der Waals surface area contributed by atoms with Crippen molar-refractivity contribution in [1.82, 2.24) is 15.1 Å². The Labute approximate surface area is 151 Å². The molecule has 24 heavy (non-hydrogen) atoms. The number of hydrogen-bond acceptors (Lipinski definition) is 3. The van der Waals surface area contributed by atoms with E-state index in [1.165, 1.54) is 19.3 Å². The highest BCUT2D eigenvalue weighted by molar-refractivity contribution is 5.85. The summed E-state index contributed by atoms with van der Waals surface area (Å²) in [4.78, 5) is 28.3. The topological polar surface area (TPSA) is 78.7 Å². The molecule has 3 amide bonds. The molecule has 1 aliphatic carbocycles. The van der Waals surface area contributed by atoms with Crippen LogP contribution in [0, 0.1) is 5.92 Å². The van der Waals surface area contributed by atoms with Crippen LogP contribution in [0.25, 0.3) is 0 Å². The van der Waals surface area contributed by atoms with Crippen molar-refractivity contribution in [2.45, 2.75) is 64.5 Å². The van der Waals surface area contributed by atoms with Crippen molar-refractivity contribution >= 4 is 24.3 Å². The molecule has 0 bridgehead atoms. The Hall–Kier alpha value is -1.01. The Kier molecular flexibility index (Phi) is 8.84. The van der Waals surface area contributed by atoms with Crippen molar-refractivity contribution < 1.29 is 9.59 Å². The number of nitrogens with one attached hydrogen (secondary N) is 1. The fourth-order valence-electron chi connectivity index (χ4n) is 3.35. The van der Waals surface area contributed by atoms with Crippen molar-refractivity contribution in [2.24, 2.45) is 11.7 Å². The van der Waals surface area contributed by atoms with Crippen LogP contribution in [0.5, 0.6) is 0 Å². The van der Waals surface area contributed by atoms with E-state index in [1.54, 1.807) is 4.90 Å². The van der Waals surface area contributed by atoms with Gasteiger partial charge in [0.25, 0.3) is 0 Å². The van der Waals surface area contributed by atoms with E-state index in [9.17, 15) is 9.59 Å². The smallest absolute Gasteiger partial charge is 0.317 e. The van der Waals surface area contributed by atoms with E-state index in [1.807, 2.05) is 18.7 Å². The van der Waals surface area contributed by atoms with E-state index in [-0.39, 0.29) is 30.3 Å². The molecule has 1 saturated heterocycles. The van der Waals surface area contributed by atoms with Crippen molar-refractivity contribution in [3.8, 4) is 0 Å². The maximum absolute atomic E-state index is 12.4. The molecule has 2 atom stereocenters. The first-order chi connectivity index (χ1) is 11.0. The number of piperazine rings is 1. The van der Waals surface area contributed by atoms with E-state index < -0.39 is 6.04 Å². The van der Waals surface area contributed by atoms with Gasteiger partial charge in [-0.25, -0.2) is 4.79 Å². The van der Waals surface area contributed by atoms with Crippen LogP contribution in [0.3, 0.4) is 0 Å². The number of rotatable bonds is 4. The van der Waals surface area contributed by atoms with Gasteiger partial charge >= 0.3 is 6.03 Å². The average molecular weight is 361 g/mol. The van der Waals surface area contributed by atoms with E-state index in [2.05, 4.69) is 5.32 Å². The first kappa shape index (κ1) is 21.0. The number of carbonyl (C=O) groups excluding carboxylic acids is 2. The predicted octanol–water partition coefficient (Wildman–Crippen LogP) is 1.97. The van der Waals surface area contributed by atoms with Crippen LogP contribution in [0.4, 0.5) is 4.79 Å². The van der Waals surface area contributed by atoms with Crippen molar-refractivity contribution in [1.29, 1.82) is 0 Å². The molecule has 2 fully saturated rings. The van der Waals surface area contributed by atoms with Gasteiger partial charge in [-0.15, -0.1) is 12.4 Å². The molecule has 0 spiro atoms. The molecule has 0 aromatic heterocycles. The standard InChI is InChI=1S/C17H32N4O2.ClH/c1-3-13(2)15(18)16(22)20-9-11-21(12-10-20)17(23)19-14-7-5-4-6-8-14;/h13-15H,3-12,18H2,1-2H3,(H,19,23);1H. The summed E-state index contributed by atoms with van der Waals surface area (Å²) in [5, 5.41) is 3.14. The first-order valence-corrected chi connectivity index (χ1v) is 9.12. The highest BCUT2D eigenvalue weighted by Crippen LogP contribution is 2.18. The second kappa shape index (κ2) is 10.1. The molecular formula is C17H33ClN4O2. The molecule has 1 heterocycles. The summed E-state index contributed by atoms with van der Waals surface area (Å²) in [5.41, 5.74) is 6.04. The van der Waals surface area contributed by atoms with Gasteiger partial charge in [0.15, 0.2) is 0 Å². The summed E-state index contributed by atoms with van der Waals surface area (Å²) in [6.07, 6.45) is 6.78. The number of hydrogen-bond donors (Lipinski definition) is 2. The number of urea groups is 1. The van der Waals surface area contributed by atoms with Crippen molar-refractivity contribution in [2.75, 3.05) is 26.2 Å². The molecule has 0 aromatic rings. The summed E-state index contributed by atoms with van der Waals surface area (Å²) in [5.74, 6) is 0.210. The van der Waals surface area contributed by atoms with Crippen LogP contribution in [0.15, 0.2) is 0 Å². The van der Waals surface area contributed by atoms with Crippen LogP contribution in [0.1, 0.15) is 52.4 Å². The molecule has 3 N–H and O–H groups in total. The van der Waals surface area contributed by atoms with Gasteiger partial charge in [-0.05, 0) is 18.8 Å². The zero-order valence-corrected chi connectivity index (χ0v) is 15.8. The summed E-state index contributed by atoms with van der Waals surface area (Å²) in [7, 11) is 0. The monoisotopic (exact) mass is 360 g/mol. The van der Waals surface area contributed by atoms with Gasteiger partial charge in [-0.1, -0.05) is 39.5 Å². The summed E-state index contributed by atoms with van der Waals surface area (Å²) >= 11 is 0. The van der Waals surface area contributed by atoms with E-state index in [0.29, 0.717) is 32.2 Å². The van der Waals surface area contributed by atoms with Gasteiger partial charge < -0.3 is 20.9 Å². The molecule has 1 aliphatic heterocycles. The Bertz CT molecular complexity index is 407. The average Bonchev–Trinajstić information content (AvgIpc) is 2.60. The molecule has 6 nitrogen and oxygen atoms in total. The lowest BCUT2D eigenvalue weighted by Crippen LogP contribution is -2.57. The quantitative estimate of drug-likeness (QED) is 0.804. The maximum atomic E-state index is 12.4. The lowest BCUT2D eigenvalue weighted by Gasteiger charge is -2.37. The van der Waals surface area contributed by atoms with Gasteiger partial charge in [0.1, 0.15) is 0 Å². The second-order valence-electron chi connectivity index (χ2n) is 7.01.